The van der Waals surface area contributed by atoms with Crippen molar-refractivity contribution >= 4 is 25.7 Å². The molecule has 12 heteroatoms. The number of carboxylic acid groups (broad SMARTS) is 1. The van der Waals surface area contributed by atoms with Crippen LogP contribution in [0.5, 0.6) is 0 Å². The van der Waals surface area contributed by atoms with Crippen LogP contribution in [0.1, 0.15) is 194 Å². The molecule has 0 saturated carbocycles. The van der Waals surface area contributed by atoms with Crippen LogP contribution in [-0.4, -0.2) is 59.9 Å². The van der Waals surface area contributed by atoms with E-state index in [4.69, 9.17) is 24.8 Å². The average molecular weight is 866 g/mol. The van der Waals surface area contributed by atoms with E-state index in [1.165, 1.54) is 96.3 Å². The fourth-order valence-corrected chi connectivity index (χ4v) is 6.97. The summed E-state index contributed by atoms with van der Waals surface area (Å²) >= 11 is 0. The summed E-state index contributed by atoms with van der Waals surface area (Å²) in [7, 11) is -4.73. The first-order chi connectivity index (χ1) is 29.1. The Morgan fingerprint density at radius 3 is 1.45 bits per heavy atom. The van der Waals surface area contributed by atoms with Gasteiger partial charge in [0.15, 0.2) is 6.10 Å². The maximum absolute atomic E-state index is 12.6. The fraction of sp³-hybridized carbons (Fsp3) is 0.729. The summed E-state index contributed by atoms with van der Waals surface area (Å²) in [5.41, 5.74) is 5.34. The summed E-state index contributed by atoms with van der Waals surface area (Å²) < 4.78 is 32.7. The van der Waals surface area contributed by atoms with E-state index in [-0.39, 0.29) is 19.4 Å². The molecule has 3 atom stereocenters. The summed E-state index contributed by atoms with van der Waals surface area (Å²) in [4.78, 5) is 46.0. The number of hydrogen-bond acceptors (Lipinski definition) is 9. The molecule has 346 valence electrons. The highest BCUT2D eigenvalue weighted by molar-refractivity contribution is 7.47. The number of esters is 2. The maximum atomic E-state index is 12.6. The molecule has 0 aromatic carbocycles. The van der Waals surface area contributed by atoms with Crippen LogP contribution in [0, 0.1) is 0 Å². The summed E-state index contributed by atoms with van der Waals surface area (Å²) in [5.74, 6) is -2.41. The van der Waals surface area contributed by atoms with Crippen LogP contribution in [0.4, 0.5) is 0 Å². The number of ether oxygens (including phenoxy) is 2. The minimum atomic E-state index is -4.73. The van der Waals surface area contributed by atoms with Gasteiger partial charge in [0.2, 0.25) is 0 Å². The molecular formula is C48H84NO10P. The van der Waals surface area contributed by atoms with Gasteiger partial charge in [-0.15, -0.1) is 0 Å². The Kier molecular flexibility index (Phi) is 40.8. The SMILES string of the molecule is CC/C=C/C=C/C=C/C=C/CCCCCCCC(=O)O[C@@H](COC(=O)CCCCCCCCCCCCC/C=C/CCCCCCCC)COP(=O)(O)OC[C@H](N)C(=O)O. The molecule has 11 nitrogen and oxygen atoms in total. The Bertz CT molecular complexity index is 1250. The molecule has 0 aromatic heterocycles. The second-order valence-electron chi connectivity index (χ2n) is 15.6. The molecule has 0 aliphatic carbocycles. The van der Waals surface area contributed by atoms with E-state index in [0.29, 0.717) is 12.8 Å². The van der Waals surface area contributed by atoms with Crippen molar-refractivity contribution in [2.75, 3.05) is 19.8 Å². The molecule has 0 aromatic rings. The molecule has 0 aliphatic rings. The number of carboxylic acids is 1. The monoisotopic (exact) mass is 866 g/mol. The largest absolute Gasteiger partial charge is 0.480 e. The zero-order valence-electron chi connectivity index (χ0n) is 37.5. The second kappa shape index (κ2) is 42.9. The van der Waals surface area contributed by atoms with E-state index in [2.05, 4.69) is 42.7 Å². The molecule has 0 spiro atoms. The molecular weight excluding hydrogens is 781 g/mol. The van der Waals surface area contributed by atoms with Crippen LogP contribution >= 0.6 is 7.82 Å². The maximum Gasteiger partial charge on any atom is 0.472 e. The minimum absolute atomic E-state index is 0.133. The van der Waals surface area contributed by atoms with Gasteiger partial charge in [-0.1, -0.05) is 184 Å². The molecule has 0 bridgehead atoms. The smallest absolute Gasteiger partial charge is 0.472 e. The van der Waals surface area contributed by atoms with Gasteiger partial charge in [0.25, 0.3) is 0 Å². The zero-order chi connectivity index (χ0) is 44.2. The van der Waals surface area contributed by atoms with Crippen molar-refractivity contribution in [3.8, 4) is 0 Å². The molecule has 0 aliphatic heterocycles. The Hall–Kier alpha value is -2.82. The van der Waals surface area contributed by atoms with Crippen molar-refractivity contribution in [3.63, 3.8) is 0 Å². The number of unbranched alkanes of at least 4 members (excludes halogenated alkanes) is 22. The molecule has 0 amide bonds. The zero-order valence-corrected chi connectivity index (χ0v) is 38.4. The number of nitrogens with two attached hydrogens (primary N) is 1. The highest BCUT2D eigenvalue weighted by atomic mass is 31.2. The lowest BCUT2D eigenvalue weighted by molar-refractivity contribution is -0.161. The number of hydrogen-bond donors (Lipinski definition) is 3. The summed E-state index contributed by atoms with van der Waals surface area (Å²) in [6, 6.07) is -1.53. The Morgan fingerprint density at radius 2 is 0.950 bits per heavy atom. The Morgan fingerprint density at radius 1 is 0.533 bits per heavy atom. The highest BCUT2D eigenvalue weighted by Gasteiger charge is 2.28. The molecule has 0 saturated heterocycles. The van der Waals surface area contributed by atoms with E-state index in [0.717, 1.165) is 57.8 Å². The van der Waals surface area contributed by atoms with Gasteiger partial charge in [0.1, 0.15) is 12.6 Å². The molecule has 0 fully saturated rings. The van der Waals surface area contributed by atoms with Crippen LogP contribution in [0.3, 0.4) is 0 Å². The standard InChI is InChI=1S/C48H84NO10P/c1-3-5-7-9-11-13-15-17-19-20-21-22-23-24-26-27-29-31-33-35-37-39-46(50)56-41-44(42-57-60(54,55)58-43-45(49)48(52)53)59-47(51)40-38-36-34-32-30-28-25-18-16-14-12-10-8-6-4-2/h6,8,10,12,14,16-19,25,44-45H,3-5,7,9,11,13,15,20-24,26-43,49H2,1-2H3,(H,52,53)(H,54,55)/b8-6+,12-10+,16-14+,19-17+,25-18+/t44-,45-/m0/s1. The van der Waals surface area contributed by atoms with Gasteiger partial charge in [0.05, 0.1) is 13.2 Å². The summed E-state index contributed by atoms with van der Waals surface area (Å²) in [6.45, 7) is 2.64. The summed E-state index contributed by atoms with van der Waals surface area (Å²) in [6.07, 6.45) is 50.0. The van der Waals surface area contributed by atoms with E-state index in [1.54, 1.807) is 0 Å². The number of phosphoric ester groups is 1. The van der Waals surface area contributed by atoms with E-state index in [9.17, 15) is 23.8 Å². The van der Waals surface area contributed by atoms with Crippen molar-refractivity contribution in [1.82, 2.24) is 0 Å². The lowest BCUT2D eigenvalue weighted by Gasteiger charge is -2.20. The number of carbonyl (C=O) groups is 3. The molecule has 0 radical (unpaired) electrons. The number of rotatable bonds is 43. The van der Waals surface area contributed by atoms with E-state index < -0.39 is 51.1 Å². The van der Waals surface area contributed by atoms with E-state index in [1.807, 2.05) is 36.5 Å². The lowest BCUT2D eigenvalue weighted by atomic mass is 10.0. The second-order valence-corrected chi connectivity index (χ2v) is 17.0. The van der Waals surface area contributed by atoms with Crippen molar-refractivity contribution in [3.05, 3.63) is 60.8 Å². The van der Waals surface area contributed by atoms with Crippen LogP contribution in [0.25, 0.3) is 0 Å². The van der Waals surface area contributed by atoms with Crippen molar-refractivity contribution in [1.29, 1.82) is 0 Å². The Labute approximate surface area is 364 Å². The first-order valence-electron chi connectivity index (χ1n) is 23.4. The number of phosphoric acid groups is 1. The quantitative estimate of drug-likeness (QED) is 0.0175. The van der Waals surface area contributed by atoms with E-state index >= 15 is 0 Å². The average Bonchev–Trinajstić information content (AvgIpc) is 3.22. The third kappa shape index (κ3) is 41.9. The van der Waals surface area contributed by atoms with Crippen molar-refractivity contribution < 1.29 is 47.5 Å². The number of carbonyl (C=O) groups excluding carboxylic acids is 2. The number of allylic oxidation sites excluding steroid dienone is 10. The molecule has 1 unspecified atom stereocenters. The van der Waals surface area contributed by atoms with Gasteiger partial charge in [-0.25, -0.2) is 4.57 Å². The predicted octanol–water partition coefficient (Wildman–Crippen LogP) is 12.7. The third-order valence-electron chi connectivity index (χ3n) is 9.84. The fourth-order valence-electron chi connectivity index (χ4n) is 6.19. The molecule has 0 heterocycles. The van der Waals surface area contributed by atoms with Crippen molar-refractivity contribution in [2.24, 2.45) is 5.73 Å². The molecule has 4 N–H and O–H groups in total. The lowest BCUT2D eigenvalue weighted by Crippen LogP contribution is -2.34. The van der Waals surface area contributed by atoms with Crippen LogP contribution in [0.2, 0.25) is 0 Å². The first kappa shape index (κ1) is 57.2. The van der Waals surface area contributed by atoms with Crippen LogP contribution in [-0.2, 0) is 37.5 Å². The minimum Gasteiger partial charge on any atom is -0.480 e. The normalized spacial score (nSPS) is 14.2. The Balaban J connectivity index is 4.30. The topological polar surface area (TPSA) is 172 Å². The van der Waals surface area contributed by atoms with Gasteiger partial charge in [-0.2, -0.15) is 0 Å². The van der Waals surface area contributed by atoms with Gasteiger partial charge in [0, 0.05) is 12.8 Å². The van der Waals surface area contributed by atoms with Gasteiger partial charge in [-0.3, -0.25) is 23.4 Å². The van der Waals surface area contributed by atoms with Crippen LogP contribution in [0.15, 0.2) is 60.8 Å². The number of aliphatic carboxylic acids is 1. The van der Waals surface area contributed by atoms with Gasteiger partial charge in [-0.05, 0) is 57.8 Å². The predicted molar refractivity (Wildman–Crippen MR) is 245 cm³/mol. The third-order valence-corrected chi connectivity index (χ3v) is 10.8. The van der Waals surface area contributed by atoms with Crippen LogP contribution < -0.4 is 5.73 Å². The first-order valence-corrected chi connectivity index (χ1v) is 24.9. The molecule has 60 heavy (non-hydrogen) atoms. The summed E-state index contributed by atoms with van der Waals surface area (Å²) in [5, 5.41) is 8.90. The van der Waals surface area contributed by atoms with Gasteiger partial charge >= 0.3 is 25.7 Å². The highest BCUT2D eigenvalue weighted by Crippen LogP contribution is 2.43. The van der Waals surface area contributed by atoms with Gasteiger partial charge < -0.3 is 25.2 Å². The molecule has 0 rings (SSSR count). The van der Waals surface area contributed by atoms with Crippen molar-refractivity contribution in [2.45, 2.75) is 206 Å².